The average Bonchev–Trinajstić information content (AvgIpc) is 3.17. The van der Waals surface area contributed by atoms with Crippen LogP contribution in [-0.4, -0.2) is 25.4 Å². The van der Waals surface area contributed by atoms with Gasteiger partial charge in [0.15, 0.2) is 5.58 Å². The standard InChI is InChI=1S/C20H20N6O3S/c1-12-3-5-14(11-16(12)22-2)24-20-23-9-7-17(26-20)25-15-6-4-13-8-10-29-18(13)19(15)30(21,27)28/h3-11,22H,1-2H3,(H2,21,27,28)(H2,23,24,25,26). The lowest BCUT2D eigenvalue weighted by Crippen LogP contribution is -2.14. The summed E-state index contributed by atoms with van der Waals surface area (Å²) >= 11 is 0. The molecule has 0 radical (unpaired) electrons. The van der Waals surface area contributed by atoms with Crippen molar-refractivity contribution in [3.63, 3.8) is 0 Å². The van der Waals surface area contributed by atoms with Crippen LogP contribution < -0.4 is 21.1 Å². The molecule has 0 saturated carbocycles. The quantitative estimate of drug-likeness (QED) is 0.368. The molecule has 0 fully saturated rings. The molecule has 0 bridgehead atoms. The molecule has 9 nitrogen and oxygen atoms in total. The van der Waals surface area contributed by atoms with Gasteiger partial charge in [0.2, 0.25) is 16.0 Å². The summed E-state index contributed by atoms with van der Waals surface area (Å²) in [6, 6.07) is 12.5. The van der Waals surface area contributed by atoms with Crippen molar-refractivity contribution in [2.24, 2.45) is 5.14 Å². The molecule has 0 aliphatic rings. The second-order valence-corrected chi connectivity index (χ2v) is 8.12. The highest BCUT2D eigenvalue weighted by Crippen LogP contribution is 2.32. The lowest BCUT2D eigenvalue weighted by Gasteiger charge is -2.12. The fourth-order valence-electron chi connectivity index (χ4n) is 3.11. The van der Waals surface area contributed by atoms with Crippen molar-refractivity contribution in [2.45, 2.75) is 11.8 Å². The Labute approximate surface area is 173 Å². The number of benzene rings is 2. The van der Waals surface area contributed by atoms with Gasteiger partial charge in [0.05, 0.1) is 12.0 Å². The van der Waals surface area contributed by atoms with Crippen LogP contribution in [0, 0.1) is 6.92 Å². The van der Waals surface area contributed by atoms with Crippen LogP contribution in [0.25, 0.3) is 11.0 Å². The number of rotatable bonds is 6. The molecule has 0 saturated heterocycles. The van der Waals surface area contributed by atoms with Gasteiger partial charge < -0.3 is 20.4 Å². The van der Waals surface area contributed by atoms with Gasteiger partial charge in [-0.25, -0.2) is 18.5 Å². The molecule has 0 atom stereocenters. The number of nitrogens with one attached hydrogen (secondary N) is 3. The third-order valence-electron chi connectivity index (χ3n) is 4.54. The van der Waals surface area contributed by atoms with E-state index in [0.29, 0.717) is 17.2 Å². The van der Waals surface area contributed by atoms with Crippen molar-refractivity contribution in [1.29, 1.82) is 0 Å². The van der Waals surface area contributed by atoms with Gasteiger partial charge in [-0.1, -0.05) is 6.07 Å². The number of aryl methyl sites for hydroxylation is 1. The molecule has 5 N–H and O–H groups in total. The van der Waals surface area contributed by atoms with Crippen LogP contribution in [0.1, 0.15) is 5.56 Å². The SMILES string of the molecule is CNc1cc(Nc2nccc(Nc3ccc4ccoc4c3S(N)(=O)=O)n2)ccc1C. The Kier molecular flexibility index (Phi) is 5.02. The van der Waals surface area contributed by atoms with Gasteiger partial charge in [0, 0.05) is 30.0 Å². The van der Waals surface area contributed by atoms with Gasteiger partial charge in [0.1, 0.15) is 10.7 Å². The van der Waals surface area contributed by atoms with Crippen molar-refractivity contribution in [1.82, 2.24) is 9.97 Å². The second kappa shape index (κ2) is 7.65. The molecule has 0 aliphatic heterocycles. The van der Waals surface area contributed by atoms with E-state index in [1.807, 2.05) is 32.2 Å². The van der Waals surface area contributed by atoms with E-state index < -0.39 is 10.0 Å². The molecule has 2 heterocycles. The summed E-state index contributed by atoms with van der Waals surface area (Å²) < 4.78 is 29.7. The summed E-state index contributed by atoms with van der Waals surface area (Å²) in [7, 11) is -2.19. The Morgan fingerprint density at radius 2 is 1.87 bits per heavy atom. The average molecular weight is 424 g/mol. The van der Waals surface area contributed by atoms with Crippen LogP contribution in [0.15, 0.2) is 64.2 Å². The summed E-state index contributed by atoms with van der Waals surface area (Å²) in [4.78, 5) is 8.51. The number of fused-ring (bicyclic) bond motifs is 1. The zero-order valence-electron chi connectivity index (χ0n) is 16.3. The van der Waals surface area contributed by atoms with Crippen LogP contribution in [-0.2, 0) is 10.0 Å². The fourth-order valence-corrected chi connectivity index (χ4v) is 3.96. The van der Waals surface area contributed by atoms with E-state index in [1.165, 1.54) is 6.26 Å². The highest BCUT2D eigenvalue weighted by Gasteiger charge is 2.21. The Hall–Kier alpha value is -3.63. The number of sulfonamides is 1. The van der Waals surface area contributed by atoms with Crippen molar-refractivity contribution in [3.8, 4) is 0 Å². The molecule has 10 heteroatoms. The van der Waals surface area contributed by atoms with Gasteiger partial charge in [-0.05, 0) is 48.9 Å². The maximum atomic E-state index is 12.2. The van der Waals surface area contributed by atoms with Crippen molar-refractivity contribution >= 4 is 49.8 Å². The lowest BCUT2D eigenvalue weighted by atomic mass is 10.2. The van der Waals surface area contributed by atoms with Crippen molar-refractivity contribution in [2.75, 3.05) is 23.0 Å². The minimum atomic E-state index is -4.04. The van der Waals surface area contributed by atoms with E-state index in [0.717, 1.165) is 16.9 Å². The molecule has 0 aliphatic carbocycles. The number of nitrogens with zero attached hydrogens (tertiary/aromatic N) is 2. The number of anilines is 5. The zero-order chi connectivity index (χ0) is 21.3. The lowest BCUT2D eigenvalue weighted by molar-refractivity contribution is 0.586. The highest BCUT2D eigenvalue weighted by atomic mass is 32.2. The molecule has 0 spiro atoms. The molecule has 30 heavy (non-hydrogen) atoms. The van der Waals surface area contributed by atoms with Gasteiger partial charge in [-0.2, -0.15) is 4.98 Å². The molecule has 0 amide bonds. The van der Waals surface area contributed by atoms with Gasteiger partial charge in [-0.3, -0.25) is 0 Å². The van der Waals surface area contributed by atoms with E-state index in [1.54, 1.807) is 30.5 Å². The number of nitrogens with two attached hydrogens (primary N) is 1. The molecule has 2 aromatic carbocycles. The number of aromatic nitrogens is 2. The van der Waals surface area contributed by atoms with Crippen LogP contribution >= 0.6 is 0 Å². The predicted octanol–water partition coefficient (Wildman–Crippen LogP) is 3.71. The second-order valence-electron chi connectivity index (χ2n) is 6.62. The summed E-state index contributed by atoms with van der Waals surface area (Å²) in [6.45, 7) is 2.01. The van der Waals surface area contributed by atoms with Crippen molar-refractivity contribution in [3.05, 3.63) is 60.5 Å². The van der Waals surface area contributed by atoms with Crippen LogP contribution in [0.3, 0.4) is 0 Å². The number of furan rings is 1. The van der Waals surface area contributed by atoms with Gasteiger partial charge >= 0.3 is 0 Å². The topological polar surface area (TPSA) is 135 Å². The monoisotopic (exact) mass is 424 g/mol. The largest absolute Gasteiger partial charge is 0.463 e. The van der Waals surface area contributed by atoms with E-state index >= 15 is 0 Å². The molecule has 154 valence electrons. The Balaban J connectivity index is 1.66. The van der Waals surface area contributed by atoms with Gasteiger partial charge in [0.25, 0.3) is 0 Å². The highest BCUT2D eigenvalue weighted by molar-refractivity contribution is 7.89. The van der Waals surface area contributed by atoms with E-state index in [2.05, 4.69) is 25.9 Å². The van der Waals surface area contributed by atoms with Crippen LogP contribution in [0.4, 0.5) is 28.8 Å². The minimum absolute atomic E-state index is 0.129. The molecule has 2 aromatic heterocycles. The molecular formula is C20H20N6O3S. The Bertz CT molecular complexity index is 1330. The maximum absolute atomic E-state index is 12.2. The molecular weight excluding hydrogens is 404 g/mol. The third kappa shape index (κ3) is 3.91. The van der Waals surface area contributed by atoms with Crippen LogP contribution in [0.5, 0.6) is 0 Å². The Morgan fingerprint density at radius 3 is 2.63 bits per heavy atom. The first-order chi connectivity index (χ1) is 14.3. The number of primary sulfonamides is 1. The predicted molar refractivity (Wildman–Crippen MR) is 117 cm³/mol. The normalized spacial score (nSPS) is 11.4. The van der Waals surface area contributed by atoms with Crippen LogP contribution in [0.2, 0.25) is 0 Å². The zero-order valence-corrected chi connectivity index (χ0v) is 17.1. The summed E-state index contributed by atoms with van der Waals surface area (Å²) in [5.74, 6) is 0.742. The molecule has 4 rings (SSSR count). The number of hydrogen-bond donors (Lipinski definition) is 4. The van der Waals surface area contributed by atoms with Gasteiger partial charge in [-0.15, -0.1) is 0 Å². The van der Waals surface area contributed by atoms with E-state index in [9.17, 15) is 8.42 Å². The van der Waals surface area contributed by atoms with E-state index in [-0.39, 0.29) is 16.2 Å². The smallest absolute Gasteiger partial charge is 0.243 e. The third-order valence-corrected chi connectivity index (χ3v) is 5.52. The molecule has 0 unspecified atom stereocenters. The summed E-state index contributed by atoms with van der Waals surface area (Å²) in [5.41, 5.74) is 3.36. The summed E-state index contributed by atoms with van der Waals surface area (Å²) in [6.07, 6.45) is 2.98. The first-order valence-electron chi connectivity index (χ1n) is 9.03. The first-order valence-corrected chi connectivity index (χ1v) is 10.6. The van der Waals surface area contributed by atoms with Crippen molar-refractivity contribution < 1.29 is 12.8 Å². The molecule has 4 aromatic rings. The first kappa shape index (κ1) is 19.7. The minimum Gasteiger partial charge on any atom is -0.463 e. The van der Waals surface area contributed by atoms with E-state index in [4.69, 9.17) is 9.56 Å². The Morgan fingerprint density at radius 1 is 1.03 bits per heavy atom. The maximum Gasteiger partial charge on any atom is 0.243 e. The number of hydrogen-bond acceptors (Lipinski definition) is 8. The fraction of sp³-hybridized carbons (Fsp3) is 0.100. The summed E-state index contributed by atoms with van der Waals surface area (Å²) in [5, 5.41) is 15.3.